The van der Waals surface area contributed by atoms with E-state index < -0.39 is 0 Å². The summed E-state index contributed by atoms with van der Waals surface area (Å²) in [5, 5.41) is 11.6. The normalized spacial score (nSPS) is 17.3. The van der Waals surface area contributed by atoms with E-state index in [0.29, 0.717) is 5.69 Å². The first-order valence-electron chi connectivity index (χ1n) is 8.83. The SMILES string of the molecule is O=C(N[C@H]1CCN(Cc2ccccc2)C1)c1cnn(-c2ccccc2)n1. The van der Waals surface area contributed by atoms with Gasteiger partial charge in [-0.1, -0.05) is 48.5 Å². The van der Waals surface area contributed by atoms with E-state index in [-0.39, 0.29) is 11.9 Å². The fourth-order valence-electron chi connectivity index (χ4n) is 3.25. The van der Waals surface area contributed by atoms with Crippen molar-refractivity contribution >= 4 is 5.91 Å². The minimum Gasteiger partial charge on any atom is -0.347 e. The molecule has 4 rings (SSSR count). The molecule has 1 amide bonds. The van der Waals surface area contributed by atoms with Crippen LogP contribution in [0.4, 0.5) is 0 Å². The predicted molar refractivity (Wildman–Crippen MR) is 98.9 cm³/mol. The number of rotatable bonds is 5. The van der Waals surface area contributed by atoms with E-state index in [9.17, 15) is 4.79 Å². The quantitative estimate of drug-likeness (QED) is 0.769. The molecular weight excluding hydrogens is 326 g/mol. The van der Waals surface area contributed by atoms with Crippen LogP contribution in [0.3, 0.4) is 0 Å². The van der Waals surface area contributed by atoms with Gasteiger partial charge in [0.25, 0.3) is 5.91 Å². The first kappa shape index (κ1) is 16.5. The fraction of sp³-hybridized carbons (Fsp3) is 0.250. The second-order valence-electron chi connectivity index (χ2n) is 6.53. The Labute approximate surface area is 152 Å². The van der Waals surface area contributed by atoms with Gasteiger partial charge in [0.15, 0.2) is 5.69 Å². The van der Waals surface area contributed by atoms with Crippen LogP contribution < -0.4 is 5.32 Å². The second kappa shape index (κ2) is 7.49. The van der Waals surface area contributed by atoms with Crippen molar-refractivity contribution in [1.82, 2.24) is 25.2 Å². The Balaban J connectivity index is 1.33. The van der Waals surface area contributed by atoms with E-state index in [1.807, 2.05) is 36.4 Å². The third-order valence-electron chi connectivity index (χ3n) is 4.57. The summed E-state index contributed by atoms with van der Waals surface area (Å²) in [6.45, 7) is 2.75. The molecule has 0 bridgehead atoms. The number of likely N-dealkylation sites (tertiary alicyclic amines) is 1. The molecule has 0 aliphatic carbocycles. The summed E-state index contributed by atoms with van der Waals surface area (Å²) in [5.74, 6) is -0.168. The van der Waals surface area contributed by atoms with E-state index in [1.165, 1.54) is 16.6 Å². The minimum atomic E-state index is -0.168. The molecule has 3 aromatic rings. The molecule has 1 aliphatic heterocycles. The summed E-state index contributed by atoms with van der Waals surface area (Å²) < 4.78 is 0. The molecule has 1 aliphatic rings. The van der Waals surface area contributed by atoms with Crippen LogP contribution in [0.5, 0.6) is 0 Å². The molecule has 0 unspecified atom stereocenters. The maximum absolute atomic E-state index is 12.5. The Morgan fingerprint density at radius 2 is 1.81 bits per heavy atom. The molecule has 2 aromatic carbocycles. The van der Waals surface area contributed by atoms with E-state index in [2.05, 4.69) is 44.7 Å². The van der Waals surface area contributed by atoms with Gasteiger partial charge in [-0.15, -0.1) is 5.10 Å². The van der Waals surface area contributed by atoms with Gasteiger partial charge in [-0.25, -0.2) is 0 Å². The molecule has 26 heavy (non-hydrogen) atoms. The van der Waals surface area contributed by atoms with E-state index in [1.54, 1.807) is 0 Å². The molecule has 0 saturated carbocycles. The predicted octanol–water partition coefficient (Wildman–Crippen LogP) is 2.27. The Morgan fingerprint density at radius 3 is 2.58 bits per heavy atom. The van der Waals surface area contributed by atoms with E-state index >= 15 is 0 Å². The monoisotopic (exact) mass is 347 g/mol. The highest BCUT2D eigenvalue weighted by Crippen LogP contribution is 2.14. The third-order valence-corrected chi connectivity index (χ3v) is 4.57. The van der Waals surface area contributed by atoms with Crippen molar-refractivity contribution in [2.45, 2.75) is 19.0 Å². The molecule has 132 valence electrons. The molecule has 1 fully saturated rings. The lowest BCUT2D eigenvalue weighted by Gasteiger charge is -2.16. The highest BCUT2D eigenvalue weighted by Gasteiger charge is 2.25. The number of carbonyl (C=O) groups is 1. The molecule has 1 aromatic heterocycles. The van der Waals surface area contributed by atoms with Crippen molar-refractivity contribution in [2.75, 3.05) is 13.1 Å². The summed E-state index contributed by atoms with van der Waals surface area (Å²) in [7, 11) is 0. The lowest BCUT2D eigenvalue weighted by Crippen LogP contribution is -2.37. The van der Waals surface area contributed by atoms with Crippen LogP contribution in [0.1, 0.15) is 22.5 Å². The fourth-order valence-corrected chi connectivity index (χ4v) is 3.25. The van der Waals surface area contributed by atoms with Crippen LogP contribution >= 0.6 is 0 Å². The molecule has 6 heteroatoms. The first-order chi connectivity index (χ1) is 12.8. The highest BCUT2D eigenvalue weighted by atomic mass is 16.2. The van der Waals surface area contributed by atoms with Gasteiger partial charge in [0.1, 0.15) is 0 Å². The van der Waals surface area contributed by atoms with Crippen LogP contribution in [0.15, 0.2) is 66.9 Å². The Morgan fingerprint density at radius 1 is 1.08 bits per heavy atom. The number of hydrogen-bond acceptors (Lipinski definition) is 4. The maximum Gasteiger partial charge on any atom is 0.273 e. The first-order valence-corrected chi connectivity index (χ1v) is 8.83. The zero-order valence-corrected chi connectivity index (χ0v) is 14.5. The van der Waals surface area contributed by atoms with Gasteiger partial charge in [-0.3, -0.25) is 9.69 Å². The summed E-state index contributed by atoms with van der Waals surface area (Å²) in [5.41, 5.74) is 2.47. The number of para-hydroxylation sites is 1. The van der Waals surface area contributed by atoms with Gasteiger partial charge in [0, 0.05) is 25.7 Å². The molecule has 1 saturated heterocycles. The standard InChI is InChI=1S/C20H21N5O/c26-20(19-13-21-25(23-19)18-9-5-2-6-10-18)22-17-11-12-24(15-17)14-16-7-3-1-4-8-16/h1-10,13,17H,11-12,14-15H2,(H,22,26)/t17-/m0/s1. The van der Waals surface area contributed by atoms with Crippen molar-refractivity contribution in [3.8, 4) is 5.69 Å². The van der Waals surface area contributed by atoms with Crippen LogP contribution in [-0.2, 0) is 6.54 Å². The van der Waals surface area contributed by atoms with Crippen LogP contribution in [0.25, 0.3) is 5.69 Å². The van der Waals surface area contributed by atoms with Gasteiger partial charge < -0.3 is 5.32 Å². The number of carbonyl (C=O) groups excluding carboxylic acids is 1. The largest absolute Gasteiger partial charge is 0.347 e. The van der Waals surface area contributed by atoms with Crippen molar-refractivity contribution in [3.05, 3.63) is 78.1 Å². The van der Waals surface area contributed by atoms with Gasteiger partial charge in [-0.05, 0) is 24.1 Å². The summed E-state index contributed by atoms with van der Waals surface area (Å²) >= 11 is 0. The average Bonchev–Trinajstić information content (AvgIpc) is 3.33. The van der Waals surface area contributed by atoms with Crippen molar-refractivity contribution in [1.29, 1.82) is 0 Å². The topological polar surface area (TPSA) is 63.1 Å². The van der Waals surface area contributed by atoms with Gasteiger partial charge in [0.05, 0.1) is 11.9 Å². The molecule has 0 radical (unpaired) electrons. The van der Waals surface area contributed by atoms with Crippen LogP contribution in [0.2, 0.25) is 0 Å². The highest BCUT2D eigenvalue weighted by molar-refractivity contribution is 5.92. The van der Waals surface area contributed by atoms with Gasteiger partial charge in [-0.2, -0.15) is 9.90 Å². The molecule has 1 N–H and O–H groups in total. The van der Waals surface area contributed by atoms with Crippen molar-refractivity contribution < 1.29 is 4.79 Å². The van der Waals surface area contributed by atoms with E-state index in [4.69, 9.17) is 0 Å². The average molecular weight is 347 g/mol. The number of aromatic nitrogens is 3. The maximum atomic E-state index is 12.5. The third kappa shape index (κ3) is 3.81. The molecular formula is C20H21N5O. The number of amides is 1. The molecule has 0 spiro atoms. The summed E-state index contributed by atoms with van der Waals surface area (Å²) in [4.78, 5) is 16.3. The number of nitrogens with zero attached hydrogens (tertiary/aromatic N) is 4. The zero-order chi connectivity index (χ0) is 17.8. The lowest BCUT2D eigenvalue weighted by molar-refractivity contribution is 0.0932. The molecule has 1 atom stereocenters. The summed E-state index contributed by atoms with van der Waals surface area (Å²) in [6, 6.07) is 20.1. The number of benzene rings is 2. The van der Waals surface area contributed by atoms with Gasteiger partial charge >= 0.3 is 0 Å². The number of hydrogen-bond donors (Lipinski definition) is 1. The molecule has 6 nitrogen and oxygen atoms in total. The van der Waals surface area contributed by atoms with Crippen LogP contribution in [-0.4, -0.2) is 44.9 Å². The summed E-state index contributed by atoms with van der Waals surface area (Å²) in [6.07, 6.45) is 2.46. The van der Waals surface area contributed by atoms with Crippen molar-refractivity contribution in [2.24, 2.45) is 0 Å². The number of nitrogens with one attached hydrogen (secondary N) is 1. The lowest BCUT2D eigenvalue weighted by atomic mass is 10.2. The second-order valence-corrected chi connectivity index (χ2v) is 6.53. The van der Waals surface area contributed by atoms with Crippen LogP contribution in [0, 0.1) is 0 Å². The van der Waals surface area contributed by atoms with E-state index in [0.717, 1.165) is 31.7 Å². The minimum absolute atomic E-state index is 0.146. The Bertz CT molecular complexity index is 862. The Hall–Kier alpha value is -2.99. The van der Waals surface area contributed by atoms with Crippen molar-refractivity contribution in [3.63, 3.8) is 0 Å². The smallest absolute Gasteiger partial charge is 0.273 e. The Kier molecular flexibility index (Phi) is 4.75. The molecule has 2 heterocycles. The van der Waals surface area contributed by atoms with Gasteiger partial charge in [0.2, 0.25) is 0 Å². The zero-order valence-electron chi connectivity index (χ0n) is 14.5.